The molecule has 1 aromatic carbocycles. The number of halogens is 1. The van der Waals surface area contributed by atoms with E-state index >= 15 is 0 Å². The smallest absolute Gasteiger partial charge is 0.246 e. The summed E-state index contributed by atoms with van der Waals surface area (Å²) in [6, 6.07) is 4.18. The zero-order valence-electron chi connectivity index (χ0n) is 15.4. The molecule has 2 aliphatic heterocycles. The Morgan fingerprint density at radius 2 is 1.93 bits per heavy atom. The number of nitrogens with one attached hydrogen (secondary N) is 1. The van der Waals surface area contributed by atoms with Gasteiger partial charge in [0.1, 0.15) is 22.4 Å². The molecule has 3 heterocycles. The normalized spacial score (nSPS) is 19.6. The van der Waals surface area contributed by atoms with Crippen LogP contribution in [0.3, 0.4) is 0 Å². The molecule has 0 saturated carbocycles. The van der Waals surface area contributed by atoms with Crippen LogP contribution in [0.25, 0.3) is 0 Å². The molecule has 1 saturated heterocycles. The maximum Gasteiger partial charge on any atom is 0.246 e. The number of piperidine rings is 1. The molecule has 0 radical (unpaired) electrons. The number of aromatic nitrogens is 3. The number of fused-ring (bicyclic) bond motifs is 1. The lowest BCUT2D eigenvalue weighted by Crippen LogP contribution is -2.34. The van der Waals surface area contributed by atoms with E-state index in [0.717, 1.165) is 43.1 Å². The molecular formula is C18H24FN5O2S. The first-order chi connectivity index (χ1) is 13.0. The van der Waals surface area contributed by atoms with Crippen LogP contribution >= 0.6 is 0 Å². The van der Waals surface area contributed by atoms with Crippen LogP contribution in [0.4, 0.5) is 4.39 Å². The van der Waals surface area contributed by atoms with Crippen molar-refractivity contribution in [1.29, 1.82) is 0 Å². The highest BCUT2D eigenvalue weighted by atomic mass is 32.2. The molecule has 27 heavy (non-hydrogen) atoms. The van der Waals surface area contributed by atoms with E-state index in [-0.39, 0.29) is 11.4 Å². The second-order valence-corrected chi connectivity index (χ2v) is 9.14. The van der Waals surface area contributed by atoms with E-state index < -0.39 is 15.8 Å². The van der Waals surface area contributed by atoms with Crippen LogP contribution in [0, 0.1) is 12.7 Å². The summed E-state index contributed by atoms with van der Waals surface area (Å²) in [7, 11) is -3.89. The Bertz CT molecular complexity index is 937. The SMILES string of the molecule is Cc1ccc(F)c(S(=O)(=O)N2CCc3nnc(C4CCNCC4)n3CC2)c1. The van der Waals surface area contributed by atoms with Gasteiger partial charge in [0.15, 0.2) is 0 Å². The molecule has 4 rings (SSSR count). The molecule has 7 nitrogen and oxygen atoms in total. The van der Waals surface area contributed by atoms with Crippen LogP contribution in [0.15, 0.2) is 23.1 Å². The van der Waals surface area contributed by atoms with Gasteiger partial charge in [-0.3, -0.25) is 0 Å². The van der Waals surface area contributed by atoms with Crippen molar-refractivity contribution < 1.29 is 12.8 Å². The highest BCUT2D eigenvalue weighted by molar-refractivity contribution is 7.89. The number of nitrogens with zero attached hydrogens (tertiary/aromatic N) is 4. The first-order valence-electron chi connectivity index (χ1n) is 9.36. The zero-order chi connectivity index (χ0) is 19.0. The lowest BCUT2D eigenvalue weighted by molar-refractivity contribution is 0.396. The average molecular weight is 393 g/mol. The van der Waals surface area contributed by atoms with Crippen molar-refractivity contribution in [1.82, 2.24) is 24.4 Å². The van der Waals surface area contributed by atoms with Gasteiger partial charge < -0.3 is 9.88 Å². The molecule has 0 bridgehead atoms. The molecule has 2 aromatic rings. The van der Waals surface area contributed by atoms with Crippen molar-refractivity contribution in [3.8, 4) is 0 Å². The summed E-state index contributed by atoms with van der Waals surface area (Å²) in [5.41, 5.74) is 0.718. The maximum atomic E-state index is 14.2. The number of rotatable bonds is 3. The Kier molecular flexibility index (Phi) is 5.00. The molecule has 146 valence electrons. The Balaban J connectivity index is 1.58. The van der Waals surface area contributed by atoms with Crippen molar-refractivity contribution in [2.45, 2.75) is 43.5 Å². The Labute approximate surface area is 158 Å². The second kappa shape index (κ2) is 7.29. The lowest BCUT2D eigenvalue weighted by Gasteiger charge is -2.23. The van der Waals surface area contributed by atoms with E-state index in [1.54, 1.807) is 13.0 Å². The van der Waals surface area contributed by atoms with E-state index in [1.807, 2.05) is 0 Å². The zero-order valence-corrected chi connectivity index (χ0v) is 16.2. The van der Waals surface area contributed by atoms with Gasteiger partial charge in [0.05, 0.1) is 0 Å². The minimum absolute atomic E-state index is 0.251. The molecule has 0 atom stereocenters. The standard InChI is InChI=1S/C18H24FN5O2S/c1-13-2-3-15(19)16(12-13)27(25,26)23-9-6-17-21-22-18(24(17)11-10-23)14-4-7-20-8-5-14/h2-3,12,14,20H,4-11H2,1H3. The largest absolute Gasteiger partial charge is 0.317 e. The third-order valence-corrected chi connectivity index (χ3v) is 7.34. The molecule has 9 heteroatoms. The molecular weight excluding hydrogens is 369 g/mol. The monoisotopic (exact) mass is 393 g/mol. The Morgan fingerprint density at radius 3 is 2.70 bits per heavy atom. The van der Waals surface area contributed by atoms with Gasteiger partial charge in [-0.2, -0.15) is 4.31 Å². The van der Waals surface area contributed by atoms with Crippen LogP contribution in [0.2, 0.25) is 0 Å². The molecule has 0 amide bonds. The van der Waals surface area contributed by atoms with Crippen LogP contribution in [0.1, 0.15) is 36.0 Å². The number of hydrogen-bond acceptors (Lipinski definition) is 5. The van der Waals surface area contributed by atoms with Gasteiger partial charge in [-0.05, 0) is 50.6 Å². The summed E-state index contributed by atoms with van der Waals surface area (Å²) in [5, 5.41) is 12.0. The van der Waals surface area contributed by atoms with Gasteiger partial charge in [0.25, 0.3) is 0 Å². The summed E-state index contributed by atoms with van der Waals surface area (Å²) in [4.78, 5) is -0.251. The van der Waals surface area contributed by atoms with Crippen molar-refractivity contribution >= 4 is 10.0 Å². The fourth-order valence-electron chi connectivity index (χ4n) is 3.90. The van der Waals surface area contributed by atoms with Gasteiger partial charge in [0.2, 0.25) is 10.0 Å². The molecule has 0 spiro atoms. The van der Waals surface area contributed by atoms with Crippen LogP contribution < -0.4 is 5.32 Å². The molecule has 0 aliphatic carbocycles. The predicted molar refractivity (Wildman–Crippen MR) is 98.5 cm³/mol. The molecule has 2 aliphatic rings. The minimum Gasteiger partial charge on any atom is -0.317 e. The van der Waals surface area contributed by atoms with E-state index in [1.165, 1.54) is 16.4 Å². The Morgan fingerprint density at radius 1 is 1.15 bits per heavy atom. The Hall–Kier alpha value is -1.84. The van der Waals surface area contributed by atoms with Crippen LogP contribution in [-0.2, 0) is 23.0 Å². The van der Waals surface area contributed by atoms with Gasteiger partial charge in [0, 0.05) is 32.0 Å². The molecule has 1 aromatic heterocycles. The van der Waals surface area contributed by atoms with Crippen LogP contribution in [-0.4, -0.2) is 53.7 Å². The third-order valence-electron chi connectivity index (χ3n) is 5.42. The van der Waals surface area contributed by atoms with Crippen molar-refractivity contribution in [2.75, 3.05) is 26.2 Å². The predicted octanol–water partition coefficient (Wildman–Crippen LogP) is 1.44. The maximum absolute atomic E-state index is 14.2. The van der Waals surface area contributed by atoms with Crippen molar-refractivity contribution in [3.63, 3.8) is 0 Å². The highest BCUT2D eigenvalue weighted by Crippen LogP contribution is 2.27. The number of aryl methyl sites for hydroxylation is 1. The van der Waals surface area contributed by atoms with Gasteiger partial charge in [-0.25, -0.2) is 12.8 Å². The van der Waals surface area contributed by atoms with E-state index in [4.69, 9.17) is 0 Å². The first-order valence-corrected chi connectivity index (χ1v) is 10.8. The van der Waals surface area contributed by atoms with Gasteiger partial charge >= 0.3 is 0 Å². The van der Waals surface area contributed by atoms with Crippen molar-refractivity contribution in [2.24, 2.45) is 0 Å². The van der Waals surface area contributed by atoms with Crippen LogP contribution in [0.5, 0.6) is 0 Å². The highest BCUT2D eigenvalue weighted by Gasteiger charge is 2.31. The quantitative estimate of drug-likeness (QED) is 0.854. The minimum atomic E-state index is -3.89. The lowest BCUT2D eigenvalue weighted by atomic mass is 9.97. The van der Waals surface area contributed by atoms with Gasteiger partial charge in [-0.15, -0.1) is 10.2 Å². The third kappa shape index (κ3) is 3.51. The van der Waals surface area contributed by atoms with Gasteiger partial charge in [-0.1, -0.05) is 6.07 Å². The number of benzene rings is 1. The van der Waals surface area contributed by atoms with E-state index in [2.05, 4.69) is 20.1 Å². The molecule has 1 fully saturated rings. The fraction of sp³-hybridized carbons (Fsp3) is 0.556. The molecule has 0 unspecified atom stereocenters. The van der Waals surface area contributed by atoms with E-state index in [9.17, 15) is 12.8 Å². The van der Waals surface area contributed by atoms with Crippen molar-refractivity contribution in [3.05, 3.63) is 41.2 Å². The summed E-state index contributed by atoms with van der Waals surface area (Å²) < 4.78 is 43.6. The fourth-order valence-corrected chi connectivity index (χ4v) is 5.48. The number of sulfonamides is 1. The average Bonchev–Trinajstić information content (AvgIpc) is 2.94. The first kappa shape index (κ1) is 18.5. The second-order valence-electron chi connectivity index (χ2n) is 7.24. The summed E-state index contributed by atoms with van der Waals surface area (Å²) in [6.45, 7) is 4.74. The summed E-state index contributed by atoms with van der Waals surface area (Å²) >= 11 is 0. The number of hydrogen-bond donors (Lipinski definition) is 1. The molecule has 1 N–H and O–H groups in total. The summed E-state index contributed by atoms with van der Waals surface area (Å²) in [6.07, 6.45) is 2.49. The van der Waals surface area contributed by atoms with E-state index in [0.29, 0.717) is 25.4 Å². The topological polar surface area (TPSA) is 80.1 Å². The summed E-state index contributed by atoms with van der Waals surface area (Å²) in [5.74, 6) is 1.41.